The number of halogens is 1. The van der Waals surface area contributed by atoms with Gasteiger partial charge in [-0.1, -0.05) is 53.2 Å². The van der Waals surface area contributed by atoms with Gasteiger partial charge in [-0.05, 0) is 55.0 Å². The lowest BCUT2D eigenvalue weighted by atomic mass is 10.1. The summed E-state index contributed by atoms with van der Waals surface area (Å²) in [6.45, 7) is 9.90. The van der Waals surface area contributed by atoms with Crippen LogP contribution in [0.25, 0.3) is 16.9 Å². The molecule has 1 aromatic heterocycles. The van der Waals surface area contributed by atoms with E-state index in [0.717, 1.165) is 28.8 Å². The van der Waals surface area contributed by atoms with Gasteiger partial charge in [-0.3, -0.25) is 4.79 Å². The highest BCUT2D eigenvalue weighted by atomic mass is 79.9. The molecule has 4 aromatic rings. The number of hydrogen-bond donors (Lipinski definition) is 1. The van der Waals surface area contributed by atoms with E-state index >= 15 is 0 Å². The Morgan fingerprint density at radius 2 is 1.10 bits per heavy atom. The summed E-state index contributed by atoms with van der Waals surface area (Å²) in [5.41, 5.74) is 3.40. The molecule has 1 amide bonds. The van der Waals surface area contributed by atoms with E-state index in [0.29, 0.717) is 115 Å². The van der Waals surface area contributed by atoms with Crippen LogP contribution >= 0.6 is 15.9 Å². The predicted octanol–water partition coefficient (Wildman–Crippen LogP) is 6.46. The minimum absolute atomic E-state index is 0.260. The monoisotopic (exact) mass is 783 g/mol. The first-order valence-electron chi connectivity index (χ1n) is 17.6. The van der Waals surface area contributed by atoms with Gasteiger partial charge in [0, 0.05) is 28.5 Å². The van der Waals surface area contributed by atoms with Gasteiger partial charge >= 0.3 is 0 Å². The van der Waals surface area contributed by atoms with Gasteiger partial charge in [-0.2, -0.15) is 5.10 Å². The number of ether oxygens (including phenoxy) is 8. The molecule has 282 valence electrons. The minimum atomic E-state index is -0.260. The highest BCUT2D eigenvalue weighted by Crippen LogP contribution is 2.26. The van der Waals surface area contributed by atoms with Crippen LogP contribution in [0.4, 0.5) is 5.69 Å². The van der Waals surface area contributed by atoms with Crippen LogP contribution in [-0.4, -0.2) is 115 Å². The summed E-state index contributed by atoms with van der Waals surface area (Å²) in [4.78, 5) is 13.4. The molecule has 0 bridgehead atoms. The third kappa shape index (κ3) is 15.9. The molecular weight excluding hydrogens is 734 g/mol. The molecule has 0 radical (unpaired) electrons. The van der Waals surface area contributed by atoms with Gasteiger partial charge in [0.1, 0.15) is 18.1 Å². The van der Waals surface area contributed by atoms with Crippen molar-refractivity contribution in [3.63, 3.8) is 0 Å². The molecular formula is C39H50BrN3O9. The van der Waals surface area contributed by atoms with Crippen molar-refractivity contribution < 1.29 is 42.7 Å². The average molecular weight is 785 g/mol. The molecule has 4 rings (SSSR count). The maximum absolute atomic E-state index is 13.4. The van der Waals surface area contributed by atoms with E-state index < -0.39 is 0 Å². The smallest absolute Gasteiger partial charge is 0.259 e. The molecule has 12 nitrogen and oxygen atoms in total. The van der Waals surface area contributed by atoms with Crippen molar-refractivity contribution in [1.29, 1.82) is 0 Å². The largest absolute Gasteiger partial charge is 0.491 e. The van der Waals surface area contributed by atoms with E-state index in [1.165, 1.54) is 0 Å². The van der Waals surface area contributed by atoms with Crippen LogP contribution in [0.5, 0.6) is 5.75 Å². The Morgan fingerprint density at radius 1 is 0.615 bits per heavy atom. The molecule has 0 aliphatic carbocycles. The van der Waals surface area contributed by atoms with E-state index in [1.807, 2.05) is 66.7 Å². The number of nitrogens with zero attached hydrogens (tertiary/aromatic N) is 2. The SMILES string of the molecule is CCCOCCOCCOCCOCCOCCOCCOCCOc1ccc(NC(=O)c2cn(-c3ccccc3)nc2-c2ccc(Br)cc2)cc1. The third-order valence-electron chi connectivity index (χ3n) is 7.29. The van der Waals surface area contributed by atoms with Gasteiger partial charge < -0.3 is 43.2 Å². The zero-order valence-corrected chi connectivity index (χ0v) is 31.4. The number of hydrogen-bond acceptors (Lipinski definition) is 10. The summed E-state index contributed by atoms with van der Waals surface area (Å²) >= 11 is 3.47. The number of carbonyl (C=O) groups excluding carboxylic acids is 1. The maximum Gasteiger partial charge on any atom is 0.259 e. The minimum Gasteiger partial charge on any atom is -0.491 e. The summed E-state index contributed by atoms with van der Waals surface area (Å²) in [5.74, 6) is 0.414. The number of anilines is 1. The molecule has 0 fully saturated rings. The first kappa shape index (κ1) is 41.1. The molecule has 52 heavy (non-hydrogen) atoms. The normalized spacial score (nSPS) is 11.2. The van der Waals surface area contributed by atoms with Crippen molar-refractivity contribution in [3.05, 3.63) is 95.1 Å². The first-order valence-corrected chi connectivity index (χ1v) is 18.4. The van der Waals surface area contributed by atoms with Crippen LogP contribution in [0.3, 0.4) is 0 Å². The second-order valence-electron chi connectivity index (χ2n) is 11.3. The van der Waals surface area contributed by atoms with Crippen LogP contribution < -0.4 is 10.1 Å². The fraction of sp³-hybridized carbons (Fsp3) is 0.436. The number of nitrogens with one attached hydrogen (secondary N) is 1. The summed E-state index contributed by atoms with van der Waals surface area (Å²) in [6, 6.07) is 24.6. The van der Waals surface area contributed by atoms with E-state index in [1.54, 1.807) is 23.0 Å². The van der Waals surface area contributed by atoms with E-state index in [9.17, 15) is 4.79 Å². The molecule has 0 unspecified atom stereocenters. The Hall–Kier alpha value is -3.66. The standard InChI is InChI=1S/C39H50BrN3O9/c1-2-16-45-17-18-46-19-20-47-21-22-48-23-24-49-25-26-50-27-28-51-29-30-52-36-14-12-34(13-15-36)41-39(44)37-31-43(35-6-4-3-5-7-35)42-38(37)32-8-10-33(40)11-9-32/h3-15,31H,2,16-30H2,1H3,(H,41,44). The van der Waals surface area contributed by atoms with Crippen LogP contribution in [0.15, 0.2) is 89.5 Å². The molecule has 1 heterocycles. The lowest BCUT2D eigenvalue weighted by Crippen LogP contribution is -2.15. The maximum atomic E-state index is 13.4. The number of carbonyl (C=O) groups is 1. The number of aromatic nitrogens is 2. The third-order valence-corrected chi connectivity index (χ3v) is 7.82. The molecule has 0 aliphatic heterocycles. The predicted molar refractivity (Wildman–Crippen MR) is 203 cm³/mol. The summed E-state index contributed by atoms with van der Waals surface area (Å²) in [7, 11) is 0. The van der Waals surface area contributed by atoms with Gasteiger partial charge in [-0.25, -0.2) is 4.68 Å². The Bertz CT molecular complexity index is 1520. The van der Waals surface area contributed by atoms with E-state index in [2.05, 4.69) is 28.2 Å². The van der Waals surface area contributed by atoms with E-state index in [4.69, 9.17) is 43.0 Å². The number of para-hydroxylation sites is 1. The quantitative estimate of drug-likeness (QED) is 0.0643. The Morgan fingerprint density at radius 3 is 1.60 bits per heavy atom. The molecule has 3 aromatic carbocycles. The Labute approximate surface area is 314 Å². The lowest BCUT2D eigenvalue weighted by Gasteiger charge is -2.10. The fourth-order valence-electron chi connectivity index (χ4n) is 4.69. The zero-order chi connectivity index (χ0) is 36.5. The molecule has 0 spiro atoms. The highest BCUT2D eigenvalue weighted by molar-refractivity contribution is 9.10. The van der Waals surface area contributed by atoms with Crippen LogP contribution in [0, 0.1) is 0 Å². The Kier molecular flexibility index (Phi) is 20.0. The lowest BCUT2D eigenvalue weighted by molar-refractivity contribution is -0.0211. The molecule has 13 heteroatoms. The highest BCUT2D eigenvalue weighted by Gasteiger charge is 2.19. The van der Waals surface area contributed by atoms with Gasteiger partial charge in [-0.15, -0.1) is 0 Å². The van der Waals surface area contributed by atoms with E-state index in [-0.39, 0.29) is 5.91 Å². The van der Waals surface area contributed by atoms with Gasteiger partial charge in [0.15, 0.2) is 0 Å². The fourth-order valence-corrected chi connectivity index (χ4v) is 4.96. The number of rotatable bonds is 28. The van der Waals surface area contributed by atoms with Crippen molar-refractivity contribution in [2.24, 2.45) is 0 Å². The van der Waals surface area contributed by atoms with Crippen LogP contribution in [-0.2, 0) is 33.2 Å². The summed E-state index contributed by atoms with van der Waals surface area (Å²) in [6.07, 6.45) is 2.77. The summed E-state index contributed by atoms with van der Waals surface area (Å²) in [5, 5.41) is 7.73. The number of benzene rings is 3. The van der Waals surface area contributed by atoms with Crippen molar-refractivity contribution >= 4 is 27.5 Å². The van der Waals surface area contributed by atoms with Gasteiger partial charge in [0.05, 0.1) is 97.1 Å². The molecule has 0 saturated heterocycles. The zero-order valence-electron chi connectivity index (χ0n) is 29.8. The van der Waals surface area contributed by atoms with Crippen LogP contribution in [0.2, 0.25) is 0 Å². The van der Waals surface area contributed by atoms with Crippen LogP contribution in [0.1, 0.15) is 23.7 Å². The van der Waals surface area contributed by atoms with Crippen molar-refractivity contribution in [1.82, 2.24) is 9.78 Å². The number of amides is 1. The molecule has 0 atom stereocenters. The summed E-state index contributed by atoms with van der Waals surface area (Å²) < 4.78 is 46.8. The second kappa shape index (κ2) is 25.3. The average Bonchev–Trinajstić information content (AvgIpc) is 3.62. The van der Waals surface area contributed by atoms with Gasteiger partial charge in [0.25, 0.3) is 5.91 Å². The molecule has 0 saturated carbocycles. The van der Waals surface area contributed by atoms with Crippen molar-refractivity contribution in [2.75, 3.05) is 104 Å². The second-order valence-corrected chi connectivity index (χ2v) is 12.2. The molecule has 1 N–H and O–H groups in total. The first-order chi connectivity index (χ1) is 25.6. The Balaban J connectivity index is 1.01. The molecule has 0 aliphatic rings. The topological polar surface area (TPSA) is 121 Å². The van der Waals surface area contributed by atoms with Crippen molar-refractivity contribution in [2.45, 2.75) is 13.3 Å². The van der Waals surface area contributed by atoms with Crippen molar-refractivity contribution in [3.8, 4) is 22.7 Å². The van der Waals surface area contributed by atoms with Gasteiger partial charge in [0.2, 0.25) is 0 Å².